The summed E-state index contributed by atoms with van der Waals surface area (Å²) in [7, 11) is 0. The summed E-state index contributed by atoms with van der Waals surface area (Å²) in [6.45, 7) is 4.27. The standard InChI is InChI=1S/C25H32N6O4/c1-17(2)13-29-16-26-23-22(29)24(34)31(25(35)30(23)14-19-10-4-3-5-11-19)15-21(33)28-27-20(32)12-18-8-6-7-9-18/h3-5,10-11,16-18H,6-9,12-15H2,1-2H3,(H,27,32)(H,28,33). The maximum atomic E-state index is 13.4. The van der Waals surface area contributed by atoms with Gasteiger partial charge in [0.05, 0.1) is 12.9 Å². The van der Waals surface area contributed by atoms with E-state index in [4.69, 9.17) is 0 Å². The van der Waals surface area contributed by atoms with Gasteiger partial charge in [0.25, 0.3) is 11.5 Å². The first kappa shape index (κ1) is 24.4. The molecule has 0 saturated heterocycles. The highest BCUT2D eigenvalue weighted by atomic mass is 16.2. The Hall–Kier alpha value is -3.69. The fourth-order valence-electron chi connectivity index (χ4n) is 4.67. The Balaban J connectivity index is 1.61. The van der Waals surface area contributed by atoms with Crippen molar-refractivity contribution >= 4 is 23.0 Å². The summed E-state index contributed by atoms with van der Waals surface area (Å²) < 4.78 is 4.04. The summed E-state index contributed by atoms with van der Waals surface area (Å²) in [4.78, 5) is 55.8. The van der Waals surface area contributed by atoms with Gasteiger partial charge in [0.15, 0.2) is 11.2 Å². The maximum Gasteiger partial charge on any atom is 0.333 e. The molecule has 1 aliphatic carbocycles. The van der Waals surface area contributed by atoms with Gasteiger partial charge in [-0.1, -0.05) is 57.0 Å². The molecule has 35 heavy (non-hydrogen) atoms. The number of fused-ring (bicyclic) bond motifs is 1. The van der Waals surface area contributed by atoms with Crippen molar-refractivity contribution < 1.29 is 9.59 Å². The third kappa shape index (κ3) is 5.70. The molecule has 1 aliphatic rings. The highest BCUT2D eigenvalue weighted by Gasteiger charge is 2.21. The third-order valence-electron chi connectivity index (χ3n) is 6.32. The van der Waals surface area contributed by atoms with Crippen LogP contribution in [-0.2, 0) is 29.2 Å². The summed E-state index contributed by atoms with van der Waals surface area (Å²) in [6.07, 6.45) is 6.19. The molecule has 2 N–H and O–H groups in total. The molecule has 10 heteroatoms. The molecule has 2 aromatic heterocycles. The lowest BCUT2D eigenvalue weighted by atomic mass is 10.0. The van der Waals surface area contributed by atoms with Gasteiger partial charge in [-0.3, -0.25) is 29.8 Å². The average molecular weight is 481 g/mol. The van der Waals surface area contributed by atoms with E-state index in [9.17, 15) is 19.2 Å². The van der Waals surface area contributed by atoms with Crippen molar-refractivity contribution in [3.8, 4) is 0 Å². The number of hydrogen-bond donors (Lipinski definition) is 2. The van der Waals surface area contributed by atoms with Crippen LogP contribution in [0.4, 0.5) is 0 Å². The molecule has 10 nitrogen and oxygen atoms in total. The van der Waals surface area contributed by atoms with E-state index in [0.717, 1.165) is 35.8 Å². The highest BCUT2D eigenvalue weighted by molar-refractivity contribution is 5.82. The van der Waals surface area contributed by atoms with E-state index >= 15 is 0 Å². The zero-order valence-electron chi connectivity index (χ0n) is 20.2. The first-order valence-electron chi connectivity index (χ1n) is 12.1. The Morgan fingerprint density at radius 3 is 2.40 bits per heavy atom. The summed E-state index contributed by atoms with van der Waals surface area (Å²) >= 11 is 0. The normalized spacial score (nSPS) is 14.0. The molecule has 0 bridgehead atoms. The van der Waals surface area contributed by atoms with Gasteiger partial charge in [0.2, 0.25) is 5.91 Å². The number of nitrogens with zero attached hydrogens (tertiary/aromatic N) is 4. The van der Waals surface area contributed by atoms with Gasteiger partial charge in [-0.15, -0.1) is 0 Å². The van der Waals surface area contributed by atoms with Crippen LogP contribution in [0.3, 0.4) is 0 Å². The Labute approximate surface area is 202 Å². The summed E-state index contributed by atoms with van der Waals surface area (Å²) in [6, 6.07) is 9.38. The topological polar surface area (TPSA) is 120 Å². The van der Waals surface area contributed by atoms with Crippen LogP contribution in [0, 0.1) is 11.8 Å². The molecule has 2 heterocycles. The number of carbonyl (C=O) groups excluding carboxylic acids is 2. The van der Waals surface area contributed by atoms with E-state index in [-0.39, 0.29) is 29.5 Å². The van der Waals surface area contributed by atoms with E-state index in [1.807, 2.05) is 44.2 Å². The van der Waals surface area contributed by atoms with Crippen LogP contribution < -0.4 is 22.1 Å². The van der Waals surface area contributed by atoms with Crippen LogP contribution >= 0.6 is 0 Å². The SMILES string of the molecule is CC(C)Cn1cnc2c1c(=O)n(CC(=O)NNC(=O)CC1CCCC1)c(=O)n2Cc1ccccc1. The number of hydrogen-bond acceptors (Lipinski definition) is 5. The third-order valence-corrected chi connectivity index (χ3v) is 6.32. The van der Waals surface area contributed by atoms with E-state index in [2.05, 4.69) is 15.8 Å². The minimum absolute atomic E-state index is 0.203. The summed E-state index contributed by atoms with van der Waals surface area (Å²) in [5, 5.41) is 0. The lowest BCUT2D eigenvalue weighted by molar-refractivity contribution is -0.129. The number of imidazole rings is 1. The number of amides is 2. The van der Waals surface area contributed by atoms with E-state index < -0.39 is 23.7 Å². The van der Waals surface area contributed by atoms with Gasteiger partial charge in [0, 0.05) is 13.0 Å². The smallest absolute Gasteiger partial charge is 0.324 e. The molecule has 4 rings (SSSR count). The van der Waals surface area contributed by atoms with Crippen LogP contribution in [-0.4, -0.2) is 30.5 Å². The zero-order chi connectivity index (χ0) is 24.9. The molecule has 0 radical (unpaired) electrons. The lowest BCUT2D eigenvalue weighted by Gasteiger charge is -2.14. The quantitative estimate of drug-likeness (QED) is 0.477. The van der Waals surface area contributed by atoms with Gasteiger partial charge in [0.1, 0.15) is 6.54 Å². The number of aromatic nitrogens is 4. The largest absolute Gasteiger partial charge is 0.333 e. The van der Waals surface area contributed by atoms with Gasteiger partial charge in [-0.25, -0.2) is 14.3 Å². The van der Waals surface area contributed by atoms with Gasteiger partial charge in [-0.05, 0) is 30.2 Å². The zero-order valence-corrected chi connectivity index (χ0v) is 20.2. The van der Waals surface area contributed by atoms with Gasteiger partial charge >= 0.3 is 5.69 Å². The molecule has 0 atom stereocenters. The molecular formula is C25H32N6O4. The molecule has 0 unspecified atom stereocenters. The fraction of sp³-hybridized carbons (Fsp3) is 0.480. The molecule has 3 aromatic rings. The Kier molecular flexibility index (Phi) is 7.48. The number of benzene rings is 1. The summed E-state index contributed by atoms with van der Waals surface area (Å²) in [5.41, 5.74) is 4.96. The van der Waals surface area contributed by atoms with Crippen LogP contribution in [0.25, 0.3) is 11.2 Å². The number of nitrogens with one attached hydrogen (secondary N) is 2. The van der Waals surface area contributed by atoms with Crippen molar-refractivity contribution in [3.63, 3.8) is 0 Å². The van der Waals surface area contributed by atoms with Crippen LogP contribution in [0.2, 0.25) is 0 Å². The van der Waals surface area contributed by atoms with Crippen molar-refractivity contribution in [1.29, 1.82) is 0 Å². The van der Waals surface area contributed by atoms with Crippen LogP contribution in [0.5, 0.6) is 0 Å². The Morgan fingerprint density at radius 2 is 1.71 bits per heavy atom. The van der Waals surface area contributed by atoms with E-state index in [1.54, 1.807) is 10.9 Å². The van der Waals surface area contributed by atoms with Gasteiger partial charge in [-0.2, -0.15) is 0 Å². The van der Waals surface area contributed by atoms with Crippen molar-refractivity contribution in [2.24, 2.45) is 11.8 Å². The highest BCUT2D eigenvalue weighted by Crippen LogP contribution is 2.27. The van der Waals surface area contributed by atoms with Crippen LogP contribution in [0.1, 0.15) is 51.5 Å². The van der Waals surface area contributed by atoms with Crippen molar-refractivity contribution in [2.75, 3.05) is 0 Å². The van der Waals surface area contributed by atoms with Gasteiger partial charge < -0.3 is 4.57 Å². The second-order valence-electron chi connectivity index (χ2n) is 9.66. The first-order chi connectivity index (χ1) is 16.8. The van der Waals surface area contributed by atoms with Crippen molar-refractivity contribution in [1.82, 2.24) is 29.5 Å². The predicted molar refractivity (Wildman–Crippen MR) is 131 cm³/mol. The molecule has 1 aromatic carbocycles. The first-order valence-corrected chi connectivity index (χ1v) is 12.1. The second kappa shape index (κ2) is 10.7. The lowest BCUT2D eigenvalue weighted by Crippen LogP contribution is -2.48. The maximum absolute atomic E-state index is 13.4. The Bertz CT molecular complexity index is 1320. The number of hydrazine groups is 1. The minimum Gasteiger partial charge on any atom is -0.324 e. The molecule has 1 fully saturated rings. The van der Waals surface area contributed by atoms with Crippen molar-refractivity contribution in [2.45, 2.75) is 65.6 Å². The minimum atomic E-state index is -0.649. The summed E-state index contributed by atoms with van der Waals surface area (Å²) in [5.74, 6) is -0.342. The fourth-order valence-corrected chi connectivity index (χ4v) is 4.67. The second-order valence-corrected chi connectivity index (χ2v) is 9.66. The molecule has 186 valence electrons. The average Bonchev–Trinajstić information content (AvgIpc) is 3.48. The predicted octanol–water partition coefficient (Wildman–Crippen LogP) is 1.79. The Morgan fingerprint density at radius 1 is 1.03 bits per heavy atom. The van der Waals surface area contributed by atoms with E-state index in [1.165, 1.54) is 4.57 Å². The van der Waals surface area contributed by atoms with Crippen molar-refractivity contribution in [3.05, 3.63) is 63.1 Å². The van der Waals surface area contributed by atoms with Crippen LogP contribution in [0.15, 0.2) is 46.2 Å². The number of carbonyl (C=O) groups is 2. The number of rotatable bonds is 8. The monoisotopic (exact) mass is 480 g/mol. The molecule has 2 amide bonds. The molecule has 0 spiro atoms. The molecular weight excluding hydrogens is 448 g/mol. The van der Waals surface area contributed by atoms with E-state index in [0.29, 0.717) is 18.9 Å². The molecule has 0 aliphatic heterocycles. The molecule has 1 saturated carbocycles.